The molecule has 2 saturated heterocycles. The number of nitrogens with zero attached hydrogens (tertiary/aromatic N) is 2. The van der Waals surface area contributed by atoms with E-state index >= 15 is 0 Å². The molecule has 2 amide bonds. The average molecular weight is 425 g/mol. The highest BCUT2D eigenvalue weighted by atomic mass is 19.1. The van der Waals surface area contributed by atoms with E-state index in [1.807, 2.05) is 34.1 Å². The summed E-state index contributed by atoms with van der Waals surface area (Å²) in [7, 11) is 0. The van der Waals surface area contributed by atoms with Crippen LogP contribution < -0.4 is 4.74 Å². The zero-order valence-electron chi connectivity index (χ0n) is 17.8. The summed E-state index contributed by atoms with van der Waals surface area (Å²) < 4.78 is 19.3. The molecule has 164 valence electrons. The number of hydrogen-bond donors (Lipinski definition) is 0. The molecule has 2 aliphatic heterocycles. The van der Waals surface area contributed by atoms with Gasteiger partial charge in [-0.1, -0.05) is 12.1 Å². The van der Waals surface area contributed by atoms with Gasteiger partial charge in [-0.15, -0.1) is 0 Å². The van der Waals surface area contributed by atoms with E-state index in [-0.39, 0.29) is 30.0 Å². The molecular weight excluding hydrogens is 395 g/mol. The Labute approximate surface area is 182 Å². The number of carbonyl (C=O) groups excluding carboxylic acids is 2. The van der Waals surface area contributed by atoms with Crippen LogP contribution >= 0.6 is 0 Å². The second-order valence-corrected chi connectivity index (χ2v) is 8.49. The van der Waals surface area contributed by atoms with Gasteiger partial charge in [0.2, 0.25) is 5.91 Å². The van der Waals surface area contributed by atoms with Crippen LogP contribution in [0.4, 0.5) is 4.39 Å². The summed E-state index contributed by atoms with van der Waals surface area (Å²) in [6.07, 6.45) is 4.32. The molecule has 0 aliphatic carbocycles. The first kappa shape index (κ1) is 21.3. The van der Waals surface area contributed by atoms with Crippen molar-refractivity contribution >= 4 is 11.8 Å². The Hall–Kier alpha value is -2.89. The summed E-state index contributed by atoms with van der Waals surface area (Å²) in [5.74, 6) is 0.796. The van der Waals surface area contributed by atoms with E-state index in [4.69, 9.17) is 4.74 Å². The molecule has 4 rings (SSSR count). The molecule has 2 fully saturated rings. The molecule has 1 atom stereocenters. The van der Waals surface area contributed by atoms with E-state index < -0.39 is 0 Å². The normalized spacial score (nSPS) is 18.8. The molecule has 0 radical (unpaired) electrons. The van der Waals surface area contributed by atoms with Crippen LogP contribution in [0.3, 0.4) is 0 Å². The monoisotopic (exact) mass is 424 g/mol. The molecule has 2 heterocycles. The molecule has 5 nitrogen and oxygen atoms in total. The van der Waals surface area contributed by atoms with Crippen molar-refractivity contribution in [2.45, 2.75) is 32.1 Å². The second kappa shape index (κ2) is 9.94. The van der Waals surface area contributed by atoms with Gasteiger partial charge in [0.1, 0.15) is 11.6 Å². The Balaban J connectivity index is 1.26. The fourth-order valence-corrected chi connectivity index (χ4v) is 4.37. The zero-order chi connectivity index (χ0) is 21.6. The maximum Gasteiger partial charge on any atom is 0.253 e. The van der Waals surface area contributed by atoms with Crippen molar-refractivity contribution in [2.24, 2.45) is 5.92 Å². The lowest BCUT2D eigenvalue weighted by molar-refractivity contribution is -0.132. The fourth-order valence-electron chi connectivity index (χ4n) is 4.37. The molecule has 2 aromatic carbocycles. The predicted molar refractivity (Wildman–Crippen MR) is 116 cm³/mol. The van der Waals surface area contributed by atoms with Gasteiger partial charge in [0, 0.05) is 37.7 Å². The topological polar surface area (TPSA) is 49.9 Å². The van der Waals surface area contributed by atoms with Gasteiger partial charge in [-0.2, -0.15) is 0 Å². The molecule has 0 spiro atoms. The predicted octanol–water partition coefficient (Wildman–Crippen LogP) is 3.92. The van der Waals surface area contributed by atoms with E-state index in [1.54, 1.807) is 12.1 Å². The Bertz CT molecular complexity index is 909. The quantitative estimate of drug-likeness (QED) is 0.706. The van der Waals surface area contributed by atoms with Gasteiger partial charge in [0.15, 0.2) is 0 Å². The molecule has 31 heavy (non-hydrogen) atoms. The number of halogens is 1. The minimum absolute atomic E-state index is 0.0279. The van der Waals surface area contributed by atoms with Gasteiger partial charge in [-0.3, -0.25) is 9.59 Å². The second-order valence-electron chi connectivity index (χ2n) is 8.49. The van der Waals surface area contributed by atoms with Crippen LogP contribution in [0.1, 0.15) is 41.6 Å². The van der Waals surface area contributed by atoms with Crippen molar-refractivity contribution in [2.75, 3.05) is 32.8 Å². The molecule has 0 unspecified atom stereocenters. The minimum Gasteiger partial charge on any atom is -0.493 e. The lowest BCUT2D eigenvalue weighted by Crippen LogP contribution is -2.42. The van der Waals surface area contributed by atoms with E-state index in [2.05, 4.69) is 0 Å². The third-order valence-electron chi connectivity index (χ3n) is 6.10. The highest BCUT2D eigenvalue weighted by Crippen LogP contribution is 2.21. The van der Waals surface area contributed by atoms with Crippen LogP contribution in [0.25, 0.3) is 0 Å². The number of rotatable bonds is 6. The molecule has 0 N–H and O–H groups in total. The van der Waals surface area contributed by atoms with Crippen LogP contribution in [-0.2, 0) is 11.2 Å². The van der Waals surface area contributed by atoms with E-state index in [0.29, 0.717) is 24.3 Å². The van der Waals surface area contributed by atoms with Crippen molar-refractivity contribution in [3.63, 3.8) is 0 Å². The van der Waals surface area contributed by atoms with Gasteiger partial charge >= 0.3 is 0 Å². The number of carbonyl (C=O) groups is 2. The van der Waals surface area contributed by atoms with Crippen LogP contribution in [0.15, 0.2) is 48.5 Å². The lowest BCUT2D eigenvalue weighted by Gasteiger charge is -2.32. The molecular formula is C25H29FN2O3. The Morgan fingerprint density at radius 3 is 2.45 bits per heavy atom. The van der Waals surface area contributed by atoms with Gasteiger partial charge in [-0.25, -0.2) is 4.39 Å². The molecule has 0 aromatic heterocycles. The van der Waals surface area contributed by atoms with Gasteiger partial charge in [0.05, 0.1) is 13.0 Å². The van der Waals surface area contributed by atoms with Gasteiger partial charge in [0.25, 0.3) is 5.91 Å². The molecule has 0 bridgehead atoms. The van der Waals surface area contributed by atoms with Crippen LogP contribution in [-0.4, -0.2) is 54.4 Å². The molecule has 0 saturated carbocycles. The number of ether oxygens (including phenoxy) is 1. The summed E-state index contributed by atoms with van der Waals surface area (Å²) in [6.45, 7) is 3.60. The largest absolute Gasteiger partial charge is 0.493 e. The van der Waals surface area contributed by atoms with Crippen LogP contribution in [0.2, 0.25) is 0 Å². The Kier molecular flexibility index (Phi) is 6.85. The van der Waals surface area contributed by atoms with Crippen molar-refractivity contribution < 1.29 is 18.7 Å². The zero-order valence-corrected chi connectivity index (χ0v) is 17.8. The standard InChI is InChI=1S/C25H29FN2O3/c26-22-7-3-5-19(15-22)16-24(29)28-14-4-6-20(17-28)18-31-23-10-8-21(9-11-23)25(30)27-12-1-2-13-27/h3,5,7-11,15,20H,1-2,4,6,12-14,16-18H2/t20-/m1/s1. The van der Waals surface area contributed by atoms with Crippen LogP contribution in [0, 0.1) is 11.7 Å². The minimum atomic E-state index is -0.316. The SMILES string of the molecule is O=C(Cc1cccc(F)c1)N1CCC[C@@H](COc2ccc(C(=O)N3CCCC3)cc2)C1. The van der Waals surface area contributed by atoms with E-state index in [0.717, 1.165) is 51.1 Å². The fraction of sp³-hybridized carbons (Fsp3) is 0.440. The van der Waals surface area contributed by atoms with Crippen LogP contribution in [0.5, 0.6) is 5.75 Å². The van der Waals surface area contributed by atoms with Crippen molar-refractivity contribution in [1.82, 2.24) is 9.80 Å². The first-order valence-electron chi connectivity index (χ1n) is 11.1. The number of amides is 2. The third-order valence-corrected chi connectivity index (χ3v) is 6.10. The summed E-state index contributed by atoms with van der Waals surface area (Å²) in [5, 5.41) is 0. The van der Waals surface area contributed by atoms with E-state index in [1.165, 1.54) is 12.1 Å². The molecule has 6 heteroatoms. The summed E-state index contributed by atoms with van der Waals surface area (Å²) in [5.41, 5.74) is 1.40. The number of benzene rings is 2. The van der Waals surface area contributed by atoms with Gasteiger partial charge < -0.3 is 14.5 Å². The molecule has 2 aromatic rings. The number of likely N-dealkylation sites (tertiary alicyclic amines) is 2. The summed E-state index contributed by atoms with van der Waals surface area (Å²) >= 11 is 0. The number of piperidine rings is 1. The average Bonchev–Trinajstić information content (AvgIpc) is 3.33. The van der Waals surface area contributed by atoms with E-state index in [9.17, 15) is 14.0 Å². The lowest BCUT2D eigenvalue weighted by atomic mass is 9.98. The first-order valence-corrected chi connectivity index (χ1v) is 11.1. The Morgan fingerprint density at radius 2 is 1.71 bits per heavy atom. The van der Waals surface area contributed by atoms with Crippen molar-refractivity contribution in [1.29, 1.82) is 0 Å². The summed E-state index contributed by atoms with van der Waals surface area (Å²) in [4.78, 5) is 28.8. The third kappa shape index (κ3) is 5.63. The smallest absolute Gasteiger partial charge is 0.253 e. The number of hydrogen-bond acceptors (Lipinski definition) is 3. The van der Waals surface area contributed by atoms with Crippen molar-refractivity contribution in [3.05, 3.63) is 65.5 Å². The Morgan fingerprint density at radius 1 is 0.968 bits per heavy atom. The summed E-state index contributed by atoms with van der Waals surface area (Å²) in [6, 6.07) is 13.6. The highest BCUT2D eigenvalue weighted by Gasteiger charge is 2.24. The maximum atomic E-state index is 13.4. The molecule has 2 aliphatic rings. The maximum absolute atomic E-state index is 13.4. The first-order chi connectivity index (χ1) is 15.1. The highest BCUT2D eigenvalue weighted by molar-refractivity contribution is 5.94. The van der Waals surface area contributed by atoms with Gasteiger partial charge in [-0.05, 0) is 67.6 Å². The van der Waals surface area contributed by atoms with Crippen molar-refractivity contribution in [3.8, 4) is 5.75 Å².